The number of hydrogen-bond acceptors (Lipinski definition) is 5. The van der Waals surface area contributed by atoms with Crippen molar-refractivity contribution in [1.82, 2.24) is 4.90 Å². The van der Waals surface area contributed by atoms with Gasteiger partial charge in [0.05, 0.1) is 14.2 Å². The second-order valence-electron chi connectivity index (χ2n) is 8.71. The Labute approximate surface area is 212 Å². The van der Waals surface area contributed by atoms with Crippen LogP contribution in [0.5, 0.6) is 17.2 Å². The summed E-state index contributed by atoms with van der Waals surface area (Å²) in [7, 11) is 3.13. The summed E-state index contributed by atoms with van der Waals surface area (Å²) in [5.41, 5.74) is 2.83. The van der Waals surface area contributed by atoms with Crippen LogP contribution in [0.25, 0.3) is 0 Å². The van der Waals surface area contributed by atoms with E-state index in [1.165, 1.54) is 0 Å². The van der Waals surface area contributed by atoms with Gasteiger partial charge in [0.25, 0.3) is 5.91 Å². The fraction of sp³-hybridized carbons (Fsp3) is 0.310. The maximum Gasteiger partial charge on any atom is 0.339 e. The van der Waals surface area contributed by atoms with E-state index in [0.717, 1.165) is 16.7 Å². The molecule has 0 bridgehead atoms. The van der Waals surface area contributed by atoms with Crippen LogP contribution >= 0.6 is 0 Å². The van der Waals surface area contributed by atoms with Crippen LogP contribution in [0.3, 0.4) is 0 Å². The molecular weight excluding hydrogens is 458 g/mol. The standard InChI is InChI=1S/C29H33NO6/c1-20(2)22-13-14-25(24(17-22)29(32)33)36-19-27(31)30(16-15-21-9-6-5-7-10-21)18-23-11-8-12-26(34-3)28(23)35-4/h5-14,17,20H,15-16,18-19H2,1-4H3,(H,32,33). The number of rotatable bonds is 12. The summed E-state index contributed by atoms with van der Waals surface area (Å²) in [6, 6.07) is 20.5. The number of ether oxygens (including phenoxy) is 3. The molecule has 190 valence electrons. The van der Waals surface area contributed by atoms with Crippen LogP contribution in [-0.2, 0) is 17.8 Å². The molecule has 7 nitrogen and oxygen atoms in total. The molecule has 1 amide bonds. The van der Waals surface area contributed by atoms with Gasteiger partial charge in [0.2, 0.25) is 0 Å². The highest BCUT2D eigenvalue weighted by molar-refractivity contribution is 5.91. The maximum atomic E-state index is 13.3. The third-order valence-corrected chi connectivity index (χ3v) is 5.96. The van der Waals surface area contributed by atoms with Crippen LogP contribution in [0, 0.1) is 0 Å². The first-order valence-electron chi connectivity index (χ1n) is 11.9. The van der Waals surface area contributed by atoms with E-state index in [9.17, 15) is 14.7 Å². The summed E-state index contributed by atoms with van der Waals surface area (Å²) in [5, 5.41) is 9.66. The van der Waals surface area contributed by atoms with Crippen LogP contribution in [0.4, 0.5) is 0 Å². The Morgan fingerprint density at radius 2 is 1.67 bits per heavy atom. The van der Waals surface area contributed by atoms with Gasteiger partial charge in [-0.1, -0.05) is 62.4 Å². The molecule has 0 fully saturated rings. The summed E-state index contributed by atoms with van der Waals surface area (Å²) < 4.78 is 16.7. The highest BCUT2D eigenvalue weighted by Gasteiger charge is 2.20. The number of carboxylic acids is 1. The average Bonchev–Trinajstić information content (AvgIpc) is 2.89. The van der Waals surface area contributed by atoms with Crippen molar-refractivity contribution in [2.24, 2.45) is 0 Å². The summed E-state index contributed by atoms with van der Waals surface area (Å²) >= 11 is 0. The number of benzene rings is 3. The minimum atomic E-state index is -1.10. The largest absolute Gasteiger partial charge is 0.493 e. The van der Waals surface area contributed by atoms with Crippen molar-refractivity contribution in [1.29, 1.82) is 0 Å². The van der Waals surface area contributed by atoms with Gasteiger partial charge >= 0.3 is 5.97 Å². The van der Waals surface area contributed by atoms with Crippen molar-refractivity contribution in [3.63, 3.8) is 0 Å². The van der Waals surface area contributed by atoms with Gasteiger partial charge in [-0.25, -0.2) is 4.79 Å². The molecule has 3 rings (SSSR count). The molecule has 0 saturated heterocycles. The number of nitrogens with zero attached hydrogens (tertiary/aromatic N) is 1. The average molecular weight is 492 g/mol. The lowest BCUT2D eigenvalue weighted by atomic mass is 10.0. The Hall–Kier alpha value is -4.00. The minimum Gasteiger partial charge on any atom is -0.493 e. The minimum absolute atomic E-state index is 0.0410. The van der Waals surface area contributed by atoms with E-state index < -0.39 is 5.97 Å². The molecule has 0 radical (unpaired) electrons. The Balaban J connectivity index is 1.81. The van der Waals surface area contributed by atoms with Gasteiger partial charge in [0.15, 0.2) is 18.1 Å². The lowest BCUT2D eigenvalue weighted by Gasteiger charge is -2.25. The normalized spacial score (nSPS) is 10.7. The lowest BCUT2D eigenvalue weighted by molar-refractivity contribution is -0.134. The zero-order valence-electron chi connectivity index (χ0n) is 21.2. The van der Waals surface area contributed by atoms with E-state index in [0.29, 0.717) is 24.5 Å². The molecule has 3 aromatic rings. The highest BCUT2D eigenvalue weighted by Crippen LogP contribution is 2.32. The predicted octanol–water partition coefficient (Wildman–Crippen LogP) is 5.18. The molecule has 36 heavy (non-hydrogen) atoms. The Morgan fingerprint density at radius 3 is 2.31 bits per heavy atom. The van der Waals surface area contributed by atoms with Crippen LogP contribution in [0.15, 0.2) is 66.7 Å². The number of aromatic carboxylic acids is 1. The van der Waals surface area contributed by atoms with Crippen molar-refractivity contribution in [3.8, 4) is 17.2 Å². The third-order valence-electron chi connectivity index (χ3n) is 5.96. The van der Waals surface area contributed by atoms with E-state index in [2.05, 4.69) is 0 Å². The Morgan fingerprint density at radius 1 is 0.917 bits per heavy atom. The molecule has 0 heterocycles. The zero-order chi connectivity index (χ0) is 26.1. The number of methoxy groups -OCH3 is 2. The first-order chi connectivity index (χ1) is 17.3. The lowest BCUT2D eigenvalue weighted by Crippen LogP contribution is -2.36. The SMILES string of the molecule is COc1cccc(CN(CCc2ccccc2)C(=O)COc2ccc(C(C)C)cc2C(=O)O)c1OC. The monoisotopic (exact) mass is 491 g/mol. The zero-order valence-corrected chi connectivity index (χ0v) is 21.2. The Kier molecular flexibility index (Phi) is 9.33. The van der Waals surface area contributed by atoms with E-state index in [1.807, 2.05) is 62.4 Å². The second kappa shape index (κ2) is 12.6. The van der Waals surface area contributed by atoms with Gasteiger partial charge in [0, 0.05) is 18.7 Å². The van der Waals surface area contributed by atoms with Crippen molar-refractivity contribution in [2.75, 3.05) is 27.4 Å². The van der Waals surface area contributed by atoms with Gasteiger partial charge in [0.1, 0.15) is 11.3 Å². The van der Waals surface area contributed by atoms with Crippen molar-refractivity contribution < 1.29 is 28.9 Å². The van der Waals surface area contributed by atoms with Crippen LogP contribution in [0.2, 0.25) is 0 Å². The van der Waals surface area contributed by atoms with E-state index in [4.69, 9.17) is 14.2 Å². The van der Waals surface area contributed by atoms with Gasteiger partial charge in [-0.15, -0.1) is 0 Å². The van der Waals surface area contributed by atoms with Crippen molar-refractivity contribution >= 4 is 11.9 Å². The number of carbonyl (C=O) groups excluding carboxylic acids is 1. The molecule has 0 unspecified atom stereocenters. The molecule has 0 atom stereocenters. The van der Waals surface area contributed by atoms with Gasteiger partial charge < -0.3 is 24.2 Å². The summed E-state index contributed by atoms with van der Waals surface area (Å²) in [6.07, 6.45) is 0.655. The fourth-order valence-electron chi connectivity index (χ4n) is 3.91. The van der Waals surface area contributed by atoms with Gasteiger partial charge in [-0.3, -0.25) is 4.79 Å². The molecule has 0 aromatic heterocycles. The number of carbonyl (C=O) groups is 2. The number of hydrogen-bond donors (Lipinski definition) is 1. The first kappa shape index (κ1) is 26.6. The van der Waals surface area contributed by atoms with E-state index >= 15 is 0 Å². The van der Waals surface area contributed by atoms with Gasteiger partial charge in [-0.05, 0) is 41.7 Å². The molecule has 1 N–H and O–H groups in total. The molecule has 0 aliphatic heterocycles. The molecule has 0 spiro atoms. The van der Waals surface area contributed by atoms with Crippen LogP contribution < -0.4 is 14.2 Å². The van der Waals surface area contributed by atoms with Crippen LogP contribution in [0.1, 0.15) is 46.8 Å². The van der Waals surface area contributed by atoms with Crippen molar-refractivity contribution in [3.05, 3.63) is 89.0 Å². The fourth-order valence-corrected chi connectivity index (χ4v) is 3.91. The predicted molar refractivity (Wildman–Crippen MR) is 138 cm³/mol. The summed E-state index contributed by atoms with van der Waals surface area (Å²) in [6.45, 7) is 4.42. The molecule has 0 aliphatic rings. The number of amides is 1. The second-order valence-corrected chi connectivity index (χ2v) is 8.71. The first-order valence-corrected chi connectivity index (χ1v) is 11.9. The van der Waals surface area contributed by atoms with Crippen LogP contribution in [-0.4, -0.2) is 49.3 Å². The third kappa shape index (κ3) is 6.78. The molecule has 7 heteroatoms. The number of carboxylic acid groups (broad SMARTS) is 1. The molecule has 3 aromatic carbocycles. The Bertz CT molecular complexity index is 1180. The molecule has 0 aliphatic carbocycles. The summed E-state index contributed by atoms with van der Waals surface area (Å²) in [5.74, 6) is 0.128. The quantitative estimate of drug-likeness (QED) is 0.376. The van der Waals surface area contributed by atoms with E-state index in [-0.39, 0.29) is 36.3 Å². The topological polar surface area (TPSA) is 85.3 Å². The maximum absolute atomic E-state index is 13.3. The highest BCUT2D eigenvalue weighted by atomic mass is 16.5. The molecule has 0 saturated carbocycles. The molecular formula is C29H33NO6. The summed E-state index contributed by atoms with van der Waals surface area (Å²) in [4.78, 5) is 26.8. The van der Waals surface area contributed by atoms with Crippen molar-refractivity contribution in [2.45, 2.75) is 32.7 Å². The van der Waals surface area contributed by atoms with E-state index in [1.54, 1.807) is 37.3 Å². The number of para-hydroxylation sites is 1. The smallest absolute Gasteiger partial charge is 0.339 e. The van der Waals surface area contributed by atoms with Gasteiger partial charge in [-0.2, -0.15) is 0 Å².